The van der Waals surface area contributed by atoms with Crippen LogP contribution >= 0.6 is 11.6 Å². The van der Waals surface area contributed by atoms with E-state index in [1.807, 2.05) is 19.1 Å². The Hall–Kier alpha value is -2.40. The van der Waals surface area contributed by atoms with Crippen molar-refractivity contribution in [3.63, 3.8) is 0 Å². The molecule has 27 heavy (non-hydrogen) atoms. The molecule has 1 heterocycles. The first-order chi connectivity index (χ1) is 13.0. The van der Waals surface area contributed by atoms with Gasteiger partial charge in [0.15, 0.2) is 0 Å². The van der Waals surface area contributed by atoms with E-state index in [2.05, 4.69) is 34.6 Å². The number of rotatable bonds is 4. The normalized spacial score (nSPS) is 14.7. The lowest BCUT2D eigenvalue weighted by atomic mass is 9.99. The van der Waals surface area contributed by atoms with E-state index in [1.165, 1.54) is 18.5 Å². The van der Waals surface area contributed by atoms with Crippen molar-refractivity contribution >= 4 is 34.7 Å². The maximum absolute atomic E-state index is 12.3. The molecule has 3 rings (SSSR count). The van der Waals surface area contributed by atoms with Gasteiger partial charge in [0.2, 0.25) is 0 Å². The van der Waals surface area contributed by atoms with Crippen LogP contribution in [-0.4, -0.2) is 26.2 Å². The molecule has 5 nitrogen and oxygen atoms in total. The summed E-state index contributed by atoms with van der Waals surface area (Å²) in [6.45, 7) is 6.36. The van der Waals surface area contributed by atoms with Gasteiger partial charge in [-0.1, -0.05) is 18.5 Å². The maximum atomic E-state index is 12.3. The Labute approximate surface area is 165 Å². The van der Waals surface area contributed by atoms with Crippen molar-refractivity contribution in [2.45, 2.75) is 26.7 Å². The average Bonchev–Trinajstić information content (AvgIpc) is 2.66. The van der Waals surface area contributed by atoms with Crippen LogP contribution < -0.4 is 20.3 Å². The van der Waals surface area contributed by atoms with E-state index in [4.69, 9.17) is 16.3 Å². The number of halogens is 1. The first-order valence-electron chi connectivity index (χ1n) is 9.23. The third-order valence-corrected chi connectivity index (χ3v) is 5.41. The highest BCUT2D eigenvalue weighted by Gasteiger charge is 2.16. The number of benzene rings is 2. The van der Waals surface area contributed by atoms with Crippen LogP contribution in [0.15, 0.2) is 36.4 Å². The van der Waals surface area contributed by atoms with Crippen molar-refractivity contribution in [3.8, 4) is 5.75 Å². The Balaban J connectivity index is 1.62. The molecule has 0 aromatic heterocycles. The molecule has 0 atom stereocenters. The first-order valence-corrected chi connectivity index (χ1v) is 9.61. The van der Waals surface area contributed by atoms with Crippen LogP contribution in [-0.2, 0) is 0 Å². The van der Waals surface area contributed by atoms with E-state index in [0.29, 0.717) is 16.5 Å². The number of anilines is 3. The molecule has 0 radical (unpaired) electrons. The van der Waals surface area contributed by atoms with Crippen molar-refractivity contribution in [1.82, 2.24) is 0 Å². The number of hydrogen-bond donors (Lipinski definition) is 2. The number of carbonyl (C=O) groups is 1. The second kappa shape index (κ2) is 8.53. The minimum Gasteiger partial charge on any atom is -0.495 e. The van der Waals surface area contributed by atoms with Crippen LogP contribution in [0.2, 0.25) is 5.02 Å². The Bertz CT molecular complexity index is 800. The number of urea groups is 1. The molecule has 0 bridgehead atoms. The summed E-state index contributed by atoms with van der Waals surface area (Å²) in [4.78, 5) is 14.7. The highest BCUT2D eigenvalue weighted by Crippen LogP contribution is 2.31. The summed E-state index contributed by atoms with van der Waals surface area (Å²) in [6.07, 6.45) is 2.45. The number of aryl methyl sites for hydroxylation is 1. The fourth-order valence-corrected chi connectivity index (χ4v) is 3.39. The largest absolute Gasteiger partial charge is 0.495 e. The fraction of sp³-hybridized carbons (Fsp3) is 0.381. The Kier molecular flexibility index (Phi) is 6.11. The summed E-state index contributed by atoms with van der Waals surface area (Å²) < 4.78 is 5.29. The number of carbonyl (C=O) groups excluding carboxylic acids is 1. The van der Waals surface area contributed by atoms with Gasteiger partial charge in [-0.3, -0.25) is 0 Å². The fourth-order valence-electron chi connectivity index (χ4n) is 3.24. The van der Waals surface area contributed by atoms with Crippen molar-refractivity contribution in [2.75, 3.05) is 35.7 Å². The minimum absolute atomic E-state index is 0.324. The molecule has 2 N–H and O–H groups in total. The Morgan fingerprint density at radius 3 is 2.44 bits per heavy atom. The van der Waals surface area contributed by atoms with Gasteiger partial charge < -0.3 is 20.3 Å². The van der Waals surface area contributed by atoms with Gasteiger partial charge in [-0.15, -0.1) is 0 Å². The number of ether oxygens (including phenoxy) is 1. The molecule has 2 aromatic carbocycles. The second-order valence-corrected chi connectivity index (χ2v) is 7.50. The highest BCUT2D eigenvalue weighted by molar-refractivity contribution is 6.31. The molecule has 0 unspecified atom stereocenters. The summed E-state index contributed by atoms with van der Waals surface area (Å²) in [5.41, 5.74) is 3.39. The van der Waals surface area contributed by atoms with E-state index in [1.54, 1.807) is 19.2 Å². The molecule has 144 valence electrons. The number of nitrogens with zero attached hydrogens (tertiary/aromatic N) is 1. The predicted octanol–water partition coefficient (Wildman–Crippen LogP) is 5.54. The third kappa shape index (κ3) is 4.86. The summed E-state index contributed by atoms with van der Waals surface area (Å²) in [7, 11) is 1.55. The number of amides is 2. The van der Waals surface area contributed by atoms with E-state index in [9.17, 15) is 4.79 Å². The van der Waals surface area contributed by atoms with Crippen LogP contribution in [0.1, 0.15) is 25.3 Å². The topological polar surface area (TPSA) is 53.6 Å². The Morgan fingerprint density at radius 1 is 1.15 bits per heavy atom. The molecule has 1 fully saturated rings. The predicted molar refractivity (Wildman–Crippen MR) is 112 cm³/mol. The molecular weight excluding hydrogens is 362 g/mol. The number of hydrogen-bond acceptors (Lipinski definition) is 3. The standard InChI is InChI=1S/C21H26ClN3O2/c1-14-8-10-25(11-9-14)17-6-4-16(5-7-17)23-21(26)24-19-12-15(2)18(22)13-20(19)27-3/h4-7,12-14H,8-11H2,1-3H3,(H2,23,24,26). The molecular formula is C21H26ClN3O2. The lowest BCUT2D eigenvalue weighted by Gasteiger charge is -2.32. The zero-order chi connectivity index (χ0) is 19.4. The van der Waals surface area contributed by atoms with Crippen LogP contribution in [0.25, 0.3) is 0 Å². The van der Waals surface area contributed by atoms with Crippen molar-refractivity contribution in [2.24, 2.45) is 5.92 Å². The average molecular weight is 388 g/mol. The van der Waals surface area contributed by atoms with E-state index in [0.717, 1.165) is 30.3 Å². The quantitative estimate of drug-likeness (QED) is 0.724. The third-order valence-electron chi connectivity index (χ3n) is 5.00. The van der Waals surface area contributed by atoms with E-state index >= 15 is 0 Å². The number of piperidine rings is 1. The van der Waals surface area contributed by atoms with E-state index in [-0.39, 0.29) is 6.03 Å². The van der Waals surface area contributed by atoms with Crippen molar-refractivity contribution in [1.29, 1.82) is 0 Å². The lowest BCUT2D eigenvalue weighted by Crippen LogP contribution is -2.32. The van der Waals surface area contributed by atoms with Gasteiger partial charge in [-0.2, -0.15) is 0 Å². The SMILES string of the molecule is COc1cc(Cl)c(C)cc1NC(=O)Nc1ccc(N2CCC(C)CC2)cc1. The maximum Gasteiger partial charge on any atom is 0.323 e. The summed E-state index contributed by atoms with van der Waals surface area (Å²) >= 11 is 6.11. The zero-order valence-corrected chi connectivity index (χ0v) is 16.8. The van der Waals surface area contributed by atoms with Crippen LogP contribution in [0.4, 0.5) is 21.9 Å². The van der Waals surface area contributed by atoms with Crippen LogP contribution in [0.3, 0.4) is 0 Å². The van der Waals surface area contributed by atoms with Crippen molar-refractivity contribution in [3.05, 3.63) is 47.0 Å². The zero-order valence-electron chi connectivity index (χ0n) is 16.0. The molecule has 1 aliphatic heterocycles. The lowest BCUT2D eigenvalue weighted by molar-refractivity contribution is 0.262. The van der Waals surface area contributed by atoms with Gasteiger partial charge in [-0.05, 0) is 61.6 Å². The smallest absolute Gasteiger partial charge is 0.323 e. The summed E-state index contributed by atoms with van der Waals surface area (Å²) in [6, 6.07) is 11.1. The van der Waals surface area contributed by atoms with Gasteiger partial charge >= 0.3 is 6.03 Å². The monoisotopic (exact) mass is 387 g/mol. The molecule has 6 heteroatoms. The van der Waals surface area contributed by atoms with Gasteiger partial charge in [0.05, 0.1) is 12.8 Å². The molecule has 1 saturated heterocycles. The molecule has 2 amide bonds. The molecule has 1 aliphatic rings. The second-order valence-electron chi connectivity index (χ2n) is 7.10. The first kappa shape index (κ1) is 19.4. The van der Waals surface area contributed by atoms with Gasteiger partial charge in [-0.25, -0.2) is 4.79 Å². The van der Waals surface area contributed by atoms with Gasteiger partial charge in [0, 0.05) is 35.6 Å². The molecule has 0 spiro atoms. The molecule has 0 aliphatic carbocycles. The van der Waals surface area contributed by atoms with Gasteiger partial charge in [0.25, 0.3) is 0 Å². The summed E-state index contributed by atoms with van der Waals surface area (Å²) in [5.74, 6) is 1.33. The summed E-state index contributed by atoms with van der Waals surface area (Å²) in [5, 5.41) is 6.27. The molecule has 2 aromatic rings. The van der Waals surface area contributed by atoms with Crippen LogP contribution in [0.5, 0.6) is 5.75 Å². The number of nitrogens with one attached hydrogen (secondary N) is 2. The van der Waals surface area contributed by atoms with Crippen molar-refractivity contribution < 1.29 is 9.53 Å². The van der Waals surface area contributed by atoms with E-state index < -0.39 is 0 Å². The minimum atomic E-state index is -0.324. The van der Waals surface area contributed by atoms with Gasteiger partial charge in [0.1, 0.15) is 5.75 Å². The number of methoxy groups -OCH3 is 1. The Morgan fingerprint density at radius 2 is 1.81 bits per heavy atom. The highest BCUT2D eigenvalue weighted by atomic mass is 35.5. The van der Waals surface area contributed by atoms with Crippen LogP contribution in [0, 0.1) is 12.8 Å². The molecule has 0 saturated carbocycles.